The molecule has 0 aromatic heterocycles. The quantitative estimate of drug-likeness (QED) is 0.799. The van der Waals surface area contributed by atoms with Crippen LogP contribution in [0.5, 0.6) is 0 Å². The SMILES string of the molecule is CCNC(=O)CSCc1ccccc1C(=O)OC. The van der Waals surface area contributed by atoms with E-state index >= 15 is 0 Å². The van der Waals surface area contributed by atoms with Crippen molar-refractivity contribution in [2.24, 2.45) is 0 Å². The highest BCUT2D eigenvalue weighted by Crippen LogP contribution is 2.17. The molecule has 0 spiro atoms. The molecule has 0 atom stereocenters. The largest absolute Gasteiger partial charge is 0.465 e. The van der Waals surface area contributed by atoms with Gasteiger partial charge in [0.2, 0.25) is 5.91 Å². The molecule has 1 aromatic rings. The number of hydrogen-bond donors (Lipinski definition) is 1. The van der Waals surface area contributed by atoms with Gasteiger partial charge in [0.1, 0.15) is 0 Å². The summed E-state index contributed by atoms with van der Waals surface area (Å²) in [4.78, 5) is 22.8. The Labute approximate surface area is 111 Å². The van der Waals surface area contributed by atoms with E-state index < -0.39 is 0 Å². The predicted molar refractivity (Wildman–Crippen MR) is 72.6 cm³/mol. The van der Waals surface area contributed by atoms with E-state index in [-0.39, 0.29) is 11.9 Å². The molecule has 0 heterocycles. The maximum absolute atomic E-state index is 11.5. The van der Waals surface area contributed by atoms with Gasteiger partial charge in [0.05, 0.1) is 18.4 Å². The van der Waals surface area contributed by atoms with Gasteiger partial charge >= 0.3 is 5.97 Å². The van der Waals surface area contributed by atoms with Gasteiger partial charge in [0.15, 0.2) is 0 Å². The molecule has 4 nitrogen and oxygen atoms in total. The molecule has 0 radical (unpaired) electrons. The van der Waals surface area contributed by atoms with Crippen LogP contribution in [-0.4, -0.2) is 31.3 Å². The van der Waals surface area contributed by atoms with Crippen LogP contribution in [0.25, 0.3) is 0 Å². The number of methoxy groups -OCH3 is 1. The minimum atomic E-state index is -0.343. The zero-order valence-electron chi connectivity index (χ0n) is 10.6. The number of amides is 1. The van der Waals surface area contributed by atoms with Crippen LogP contribution in [0.3, 0.4) is 0 Å². The van der Waals surface area contributed by atoms with E-state index in [0.29, 0.717) is 23.6 Å². The standard InChI is InChI=1S/C13H17NO3S/c1-3-14-12(15)9-18-8-10-6-4-5-7-11(10)13(16)17-2/h4-7H,3,8-9H2,1-2H3,(H,14,15). The Kier molecular flexibility index (Phi) is 6.28. The van der Waals surface area contributed by atoms with E-state index in [2.05, 4.69) is 5.32 Å². The lowest BCUT2D eigenvalue weighted by Crippen LogP contribution is -2.24. The van der Waals surface area contributed by atoms with E-state index in [9.17, 15) is 9.59 Å². The number of carbonyl (C=O) groups is 2. The third-order valence-corrected chi connectivity index (χ3v) is 3.27. The molecule has 0 saturated heterocycles. The minimum Gasteiger partial charge on any atom is -0.465 e. The summed E-state index contributed by atoms with van der Waals surface area (Å²) in [5.74, 6) is 0.674. The monoisotopic (exact) mass is 267 g/mol. The number of esters is 1. The van der Waals surface area contributed by atoms with Crippen LogP contribution >= 0.6 is 11.8 Å². The van der Waals surface area contributed by atoms with E-state index in [4.69, 9.17) is 4.74 Å². The van der Waals surface area contributed by atoms with Crippen LogP contribution in [0.4, 0.5) is 0 Å². The van der Waals surface area contributed by atoms with E-state index in [0.717, 1.165) is 5.56 Å². The third-order valence-electron chi connectivity index (χ3n) is 2.29. The summed E-state index contributed by atoms with van der Waals surface area (Å²) in [5, 5.41) is 2.73. The van der Waals surface area contributed by atoms with Gasteiger partial charge in [-0.3, -0.25) is 4.79 Å². The summed E-state index contributed by atoms with van der Waals surface area (Å²) in [6, 6.07) is 7.27. The molecule has 5 heteroatoms. The second-order valence-electron chi connectivity index (χ2n) is 3.60. The number of hydrogen-bond acceptors (Lipinski definition) is 4. The second kappa shape index (κ2) is 7.76. The van der Waals surface area contributed by atoms with Gasteiger partial charge in [0, 0.05) is 12.3 Å². The number of thioether (sulfide) groups is 1. The fourth-order valence-electron chi connectivity index (χ4n) is 1.46. The van der Waals surface area contributed by atoms with Crippen LogP contribution < -0.4 is 5.32 Å². The van der Waals surface area contributed by atoms with Crippen LogP contribution in [0.15, 0.2) is 24.3 Å². The molecular formula is C13H17NO3S. The molecule has 0 aliphatic carbocycles. The van der Waals surface area contributed by atoms with Crippen LogP contribution in [0.1, 0.15) is 22.8 Å². The van der Waals surface area contributed by atoms with Crippen LogP contribution in [0.2, 0.25) is 0 Å². The van der Waals surface area contributed by atoms with Crippen molar-refractivity contribution in [3.05, 3.63) is 35.4 Å². The highest BCUT2D eigenvalue weighted by atomic mass is 32.2. The molecule has 1 amide bonds. The van der Waals surface area contributed by atoms with Crippen molar-refractivity contribution >= 4 is 23.6 Å². The van der Waals surface area contributed by atoms with E-state index in [1.165, 1.54) is 18.9 Å². The van der Waals surface area contributed by atoms with Crippen molar-refractivity contribution < 1.29 is 14.3 Å². The number of rotatable bonds is 6. The maximum atomic E-state index is 11.5. The molecule has 0 aliphatic rings. The molecule has 0 saturated carbocycles. The van der Waals surface area contributed by atoms with Crippen molar-refractivity contribution in [2.75, 3.05) is 19.4 Å². The Morgan fingerprint density at radius 2 is 2.06 bits per heavy atom. The predicted octanol–water partition coefficient (Wildman–Crippen LogP) is 1.84. The van der Waals surface area contributed by atoms with Crippen molar-refractivity contribution in [3.8, 4) is 0 Å². The summed E-state index contributed by atoms with van der Waals surface area (Å²) < 4.78 is 4.72. The van der Waals surface area contributed by atoms with Gasteiger partial charge in [-0.05, 0) is 18.6 Å². The highest BCUT2D eigenvalue weighted by molar-refractivity contribution is 7.99. The second-order valence-corrected chi connectivity index (χ2v) is 4.58. The van der Waals surface area contributed by atoms with Crippen LogP contribution in [0, 0.1) is 0 Å². The number of benzene rings is 1. The molecule has 1 aromatic carbocycles. The summed E-state index contributed by atoms with van der Waals surface area (Å²) in [5.41, 5.74) is 1.45. The smallest absolute Gasteiger partial charge is 0.338 e. The molecular weight excluding hydrogens is 250 g/mol. The van der Waals surface area contributed by atoms with Crippen molar-refractivity contribution in [3.63, 3.8) is 0 Å². The Hall–Kier alpha value is -1.49. The molecule has 0 bridgehead atoms. The first-order chi connectivity index (χ1) is 8.69. The molecule has 1 N–H and O–H groups in total. The lowest BCUT2D eigenvalue weighted by molar-refractivity contribution is -0.118. The van der Waals surface area contributed by atoms with Gasteiger partial charge in [-0.25, -0.2) is 4.79 Å². The summed E-state index contributed by atoms with van der Waals surface area (Å²) in [6.45, 7) is 2.52. The number of ether oxygens (including phenoxy) is 1. The summed E-state index contributed by atoms with van der Waals surface area (Å²) in [7, 11) is 1.36. The number of nitrogens with one attached hydrogen (secondary N) is 1. The van der Waals surface area contributed by atoms with Crippen molar-refractivity contribution in [1.82, 2.24) is 5.32 Å². The molecule has 98 valence electrons. The average Bonchev–Trinajstić information content (AvgIpc) is 2.39. The average molecular weight is 267 g/mol. The normalized spacial score (nSPS) is 9.89. The molecule has 0 fully saturated rings. The summed E-state index contributed by atoms with van der Waals surface area (Å²) >= 11 is 1.48. The Balaban J connectivity index is 2.57. The van der Waals surface area contributed by atoms with Gasteiger partial charge in [-0.1, -0.05) is 18.2 Å². The first kappa shape index (κ1) is 14.6. The van der Waals surface area contributed by atoms with Gasteiger partial charge < -0.3 is 10.1 Å². The maximum Gasteiger partial charge on any atom is 0.338 e. The molecule has 0 aliphatic heterocycles. The number of carbonyl (C=O) groups excluding carboxylic acids is 2. The minimum absolute atomic E-state index is 0.0121. The van der Waals surface area contributed by atoms with E-state index in [1.807, 2.05) is 19.1 Å². The lowest BCUT2D eigenvalue weighted by Gasteiger charge is -2.07. The highest BCUT2D eigenvalue weighted by Gasteiger charge is 2.11. The Bertz CT molecular complexity index is 420. The van der Waals surface area contributed by atoms with Gasteiger partial charge in [-0.15, -0.1) is 11.8 Å². The fraction of sp³-hybridized carbons (Fsp3) is 0.385. The Morgan fingerprint density at radius 3 is 2.72 bits per heavy atom. The topological polar surface area (TPSA) is 55.4 Å². The first-order valence-electron chi connectivity index (χ1n) is 5.69. The lowest BCUT2D eigenvalue weighted by atomic mass is 10.1. The van der Waals surface area contributed by atoms with Crippen molar-refractivity contribution in [2.45, 2.75) is 12.7 Å². The van der Waals surface area contributed by atoms with Gasteiger partial charge in [-0.2, -0.15) is 0 Å². The first-order valence-corrected chi connectivity index (χ1v) is 6.85. The van der Waals surface area contributed by atoms with Crippen LogP contribution in [-0.2, 0) is 15.3 Å². The fourth-order valence-corrected chi connectivity index (χ4v) is 2.32. The Morgan fingerprint density at radius 1 is 1.33 bits per heavy atom. The molecule has 1 rings (SSSR count). The van der Waals surface area contributed by atoms with Gasteiger partial charge in [0.25, 0.3) is 0 Å². The van der Waals surface area contributed by atoms with E-state index in [1.54, 1.807) is 12.1 Å². The zero-order valence-corrected chi connectivity index (χ0v) is 11.4. The summed E-state index contributed by atoms with van der Waals surface area (Å²) in [6.07, 6.45) is 0. The zero-order chi connectivity index (χ0) is 13.4. The molecule has 18 heavy (non-hydrogen) atoms. The van der Waals surface area contributed by atoms with Crippen molar-refractivity contribution in [1.29, 1.82) is 0 Å². The third kappa shape index (κ3) is 4.41. The molecule has 0 unspecified atom stereocenters.